The van der Waals surface area contributed by atoms with Gasteiger partial charge in [0, 0.05) is 27.7 Å². The number of pyridine rings is 1. The fourth-order valence-electron chi connectivity index (χ4n) is 3.32. The molecule has 0 saturated heterocycles. The van der Waals surface area contributed by atoms with Gasteiger partial charge in [0.2, 0.25) is 0 Å². The summed E-state index contributed by atoms with van der Waals surface area (Å²) in [4.78, 5) is 11.4. The molecule has 7 nitrogen and oxygen atoms in total. The lowest BCUT2D eigenvalue weighted by atomic mass is 10.1. The van der Waals surface area contributed by atoms with Crippen LogP contribution in [0.1, 0.15) is 5.56 Å². The van der Waals surface area contributed by atoms with Crippen LogP contribution >= 0.6 is 11.3 Å². The van der Waals surface area contributed by atoms with Gasteiger partial charge in [-0.15, -0.1) is 11.3 Å². The van der Waals surface area contributed by atoms with Crippen LogP contribution in [0.3, 0.4) is 0 Å². The highest BCUT2D eigenvalue weighted by molar-refractivity contribution is 7.18. The molecule has 0 atom stereocenters. The number of rotatable bonds is 9. The summed E-state index contributed by atoms with van der Waals surface area (Å²) in [6.45, 7) is 2.04. The average Bonchev–Trinajstić information content (AvgIpc) is 3.26. The van der Waals surface area contributed by atoms with Crippen molar-refractivity contribution >= 4 is 50.2 Å². The van der Waals surface area contributed by atoms with Crippen LogP contribution in [-0.2, 0) is 6.54 Å². The van der Waals surface area contributed by atoms with Gasteiger partial charge in [0.25, 0.3) is 0 Å². The Balaban J connectivity index is 1.63. The van der Waals surface area contributed by atoms with Crippen molar-refractivity contribution in [3.63, 3.8) is 0 Å². The number of nitrogens with two attached hydrogens (primary N) is 1. The van der Waals surface area contributed by atoms with E-state index in [4.69, 9.17) is 15.6 Å². The number of nitrogens with zero attached hydrogens (tertiary/aromatic N) is 3. The quantitative estimate of drug-likeness (QED) is 0.159. The number of likely N-dealkylation sites (N-methyl/N-ethyl adjacent to an activating group) is 1. The van der Waals surface area contributed by atoms with E-state index < -0.39 is 0 Å². The molecule has 0 aliphatic carbocycles. The molecule has 0 amide bonds. The van der Waals surface area contributed by atoms with Crippen LogP contribution in [0.15, 0.2) is 58.9 Å². The van der Waals surface area contributed by atoms with E-state index in [0.717, 1.165) is 45.7 Å². The second kappa shape index (κ2) is 9.74. The summed E-state index contributed by atoms with van der Waals surface area (Å²) in [6.07, 6.45) is 1.49. The predicted octanol–water partition coefficient (Wildman–Crippen LogP) is 4.13. The van der Waals surface area contributed by atoms with Crippen molar-refractivity contribution in [2.75, 3.05) is 32.6 Å². The molecule has 0 spiro atoms. The third-order valence-electron chi connectivity index (χ3n) is 4.86. The molecule has 0 radical (unpaired) electrons. The molecule has 2 heterocycles. The van der Waals surface area contributed by atoms with Crippen LogP contribution in [0, 0.1) is 0 Å². The van der Waals surface area contributed by atoms with Crippen molar-refractivity contribution in [1.82, 2.24) is 15.3 Å². The summed E-state index contributed by atoms with van der Waals surface area (Å²) in [5, 5.41) is 7.82. The molecule has 160 valence electrons. The zero-order valence-corrected chi connectivity index (χ0v) is 18.4. The molecule has 4 N–H and O–H groups in total. The van der Waals surface area contributed by atoms with Crippen LogP contribution in [0.25, 0.3) is 21.0 Å². The van der Waals surface area contributed by atoms with E-state index in [1.165, 1.54) is 11.0 Å². The average molecular weight is 435 g/mol. The largest absolute Gasteiger partial charge is 0.492 e. The monoisotopic (exact) mass is 434 g/mol. The number of fused-ring (bicyclic) bond motifs is 3. The van der Waals surface area contributed by atoms with Gasteiger partial charge in [-0.05, 0) is 55.4 Å². The molecular weight excluding hydrogens is 408 g/mol. The maximum atomic E-state index is 5.79. The van der Waals surface area contributed by atoms with Crippen molar-refractivity contribution in [1.29, 1.82) is 0 Å². The zero-order chi connectivity index (χ0) is 21.6. The molecule has 0 aliphatic heterocycles. The van der Waals surface area contributed by atoms with Gasteiger partial charge in [-0.1, -0.05) is 18.2 Å². The second-order valence-electron chi connectivity index (χ2n) is 7.37. The lowest BCUT2D eigenvalue weighted by Gasteiger charge is -2.13. The number of anilines is 2. The molecule has 4 aromatic rings. The van der Waals surface area contributed by atoms with Crippen molar-refractivity contribution in [3.05, 3.63) is 59.5 Å². The number of hydrogen-bond donors (Lipinski definition) is 3. The first-order valence-corrected chi connectivity index (χ1v) is 10.9. The van der Waals surface area contributed by atoms with E-state index in [1.54, 1.807) is 11.3 Å². The molecule has 0 unspecified atom stereocenters. The number of aliphatic imine (C=N–C) groups is 1. The summed E-state index contributed by atoms with van der Waals surface area (Å²) >= 11 is 1.72. The SMILES string of the molecule is CN(C)CCOc1ccc(Nc2nc3c(CN=CNN)cccc3c3sccc23)cc1. The lowest BCUT2D eigenvalue weighted by molar-refractivity contribution is 0.261. The van der Waals surface area contributed by atoms with E-state index in [0.29, 0.717) is 13.2 Å². The van der Waals surface area contributed by atoms with Gasteiger partial charge in [-0.3, -0.25) is 4.99 Å². The molecule has 0 aliphatic rings. The fraction of sp³-hybridized carbons (Fsp3) is 0.217. The predicted molar refractivity (Wildman–Crippen MR) is 130 cm³/mol. The molecule has 0 bridgehead atoms. The normalized spacial score (nSPS) is 11.6. The summed E-state index contributed by atoms with van der Waals surface area (Å²) in [5.74, 6) is 6.98. The lowest BCUT2D eigenvalue weighted by Crippen LogP contribution is -2.19. The Morgan fingerprint density at radius 1 is 1.13 bits per heavy atom. The van der Waals surface area contributed by atoms with E-state index in [9.17, 15) is 0 Å². The fourth-order valence-corrected chi connectivity index (χ4v) is 4.24. The maximum Gasteiger partial charge on any atom is 0.139 e. The summed E-state index contributed by atoms with van der Waals surface area (Å²) in [6, 6.07) is 16.3. The number of thiophene rings is 1. The first-order chi connectivity index (χ1) is 15.2. The van der Waals surface area contributed by atoms with Gasteiger partial charge in [0.05, 0.1) is 18.4 Å². The molecule has 0 saturated carbocycles. The third kappa shape index (κ3) is 4.93. The number of nitrogens with one attached hydrogen (secondary N) is 2. The number of hydrogen-bond acceptors (Lipinski definition) is 7. The highest BCUT2D eigenvalue weighted by Gasteiger charge is 2.12. The number of aromatic nitrogens is 1. The van der Waals surface area contributed by atoms with Crippen molar-refractivity contribution in [2.45, 2.75) is 6.54 Å². The first-order valence-electron chi connectivity index (χ1n) is 10.0. The van der Waals surface area contributed by atoms with E-state index in [-0.39, 0.29) is 0 Å². The molecule has 8 heteroatoms. The Bertz CT molecular complexity index is 1190. The van der Waals surface area contributed by atoms with Crippen LogP contribution < -0.4 is 21.3 Å². The maximum absolute atomic E-state index is 5.79. The Morgan fingerprint density at radius 2 is 1.97 bits per heavy atom. The van der Waals surface area contributed by atoms with Crippen molar-refractivity contribution in [2.24, 2.45) is 10.8 Å². The number of ether oxygens (including phenoxy) is 1. The molecule has 4 rings (SSSR count). The van der Waals surface area contributed by atoms with Crippen molar-refractivity contribution < 1.29 is 4.74 Å². The van der Waals surface area contributed by atoms with Crippen LogP contribution in [0.2, 0.25) is 0 Å². The van der Waals surface area contributed by atoms with Crippen LogP contribution in [0.4, 0.5) is 11.5 Å². The van der Waals surface area contributed by atoms with Crippen LogP contribution in [-0.4, -0.2) is 43.5 Å². The summed E-state index contributed by atoms with van der Waals surface area (Å²) < 4.78 is 7.00. The molecule has 31 heavy (non-hydrogen) atoms. The minimum absolute atomic E-state index is 0.504. The molecule has 0 fully saturated rings. The van der Waals surface area contributed by atoms with E-state index in [2.05, 4.69) is 38.1 Å². The second-order valence-corrected chi connectivity index (χ2v) is 8.29. The van der Waals surface area contributed by atoms with E-state index in [1.807, 2.05) is 50.5 Å². The Labute approximate surface area is 185 Å². The number of benzene rings is 2. The van der Waals surface area contributed by atoms with Gasteiger partial charge in [0.1, 0.15) is 18.2 Å². The standard InChI is InChI=1S/C23H26N6OS/c1-29(2)11-12-30-18-8-6-17(7-9-18)27-23-20-10-13-31-22(20)19-5-3-4-16(21(19)28-23)14-25-15-26-24/h3-10,13,15H,11-12,14,24H2,1-2H3,(H,25,26)(H,27,28). The van der Waals surface area contributed by atoms with Crippen molar-refractivity contribution in [3.8, 4) is 5.75 Å². The van der Waals surface area contributed by atoms with E-state index >= 15 is 0 Å². The minimum atomic E-state index is 0.504. The highest BCUT2D eigenvalue weighted by Crippen LogP contribution is 2.36. The Kier molecular flexibility index (Phi) is 6.61. The van der Waals surface area contributed by atoms with Gasteiger partial charge in [-0.2, -0.15) is 0 Å². The zero-order valence-electron chi connectivity index (χ0n) is 17.6. The molecule has 2 aromatic heterocycles. The van der Waals surface area contributed by atoms with Gasteiger partial charge < -0.3 is 20.4 Å². The molecule has 2 aromatic carbocycles. The van der Waals surface area contributed by atoms with Gasteiger partial charge in [0.15, 0.2) is 0 Å². The Hall–Kier alpha value is -3.20. The Morgan fingerprint density at radius 3 is 2.74 bits per heavy atom. The molecular formula is C23H26N6OS. The van der Waals surface area contributed by atoms with Gasteiger partial charge >= 0.3 is 0 Å². The van der Waals surface area contributed by atoms with Gasteiger partial charge in [-0.25, -0.2) is 10.8 Å². The topological polar surface area (TPSA) is 87.8 Å². The summed E-state index contributed by atoms with van der Waals surface area (Å²) in [7, 11) is 4.07. The smallest absolute Gasteiger partial charge is 0.139 e. The third-order valence-corrected chi connectivity index (χ3v) is 5.81. The minimum Gasteiger partial charge on any atom is -0.492 e. The van der Waals surface area contributed by atoms with Crippen LogP contribution in [0.5, 0.6) is 5.75 Å². The number of para-hydroxylation sites is 1. The first kappa shape index (κ1) is 21.0. The highest BCUT2D eigenvalue weighted by atomic mass is 32.1. The summed E-state index contributed by atoms with van der Waals surface area (Å²) in [5.41, 5.74) is 5.39. The number of hydrazine groups is 1.